The Morgan fingerprint density at radius 2 is 2.00 bits per heavy atom. The van der Waals surface area contributed by atoms with Crippen molar-refractivity contribution in [2.45, 2.75) is 13.5 Å². The minimum Gasteiger partial charge on any atom is -0.472 e. The molecule has 0 saturated heterocycles. The number of rotatable bonds is 4. The van der Waals surface area contributed by atoms with E-state index in [-0.39, 0.29) is 0 Å². The van der Waals surface area contributed by atoms with Crippen LogP contribution in [0.1, 0.15) is 10.4 Å². The van der Waals surface area contributed by atoms with E-state index in [0.29, 0.717) is 18.4 Å². The summed E-state index contributed by atoms with van der Waals surface area (Å²) in [6.45, 7) is 2.57. The van der Waals surface area contributed by atoms with Gasteiger partial charge in [0.2, 0.25) is 11.8 Å². The van der Waals surface area contributed by atoms with Crippen LogP contribution in [0.2, 0.25) is 0 Å². The molecule has 0 atom stereocenters. The van der Waals surface area contributed by atoms with Crippen LogP contribution in [0.4, 0.5) is 5.95 Å². The van der Waals surface area contributed by atoms with Crippen molar-refractivity contribution in [2.24, 2.45) is 0 Å². The van der Waals surface area contributed by atoms with Gasteiger partial charge in [-0.15, -0.1) is 11.3 Å². The van der Waals surface area contributed by atoms with Gasteiger partial charge < -0.3 is 10.1 Å². The van der Waals surface area contributed by atoms with Crippen molar-refractivity contribution in [2.75, 3.05) is 12.4 Å². The first-order valence-electron chi connectivity index (χ1n) is 6.39. The highest BCUT2D eigenvalue weighted by Gasteiger charge is 2.11. The molecule has 2 heterocycles. The molecule has 0 aliphatic heterocycles. The van der Waals surface area contributed by atoms with Gasteiger partial charge in [-0.05, 0) is 18.6 Å². The van der Waals surface area contributed by atoms with Gasteiger partial charge in [0.25, 0.3) is 0 Å². The molecule has 0 bridgehead atoms. The summed E-state index contributed by atoms with van der Waals surface area (Å²) in [7, 11) is 1.81. The second kappa shape index (κ2) is 5.46. The van der Waals surface area contributed by atoms with Crippen LogP contribution in [0, 0.1) is 6.92 Å². The van der Waals surface area contributed by atoms with E-state index in [1.54, 1.807) is 11.3 Å². The van der Waals surface area contributed by atoms with Gasteiger partial charge in [-0.1, -0.05) is 30.3 Å². The van der Waals surface area contributed by atoms with E-state index in [1.807, 2.05) is 37.4 Å². The molecular weight excluding hydrogens is 270 g/mol. The predicted octanol–water partition coefficient (Wildman–Crippen LogP) is 3.62. The zero-order valence-electron chi connectivity index (χ0n) is 11.4. The molecule has 0 aliphatic rings. The number of aryl methyl sites for hydroxylation is 1. The fourth-order valence-corrected chi connectivity index (χ4v) is 2.83. The lowest BCUT2D eigenvalue weighted by Crippen LogP contribution is -2.01. The Balaban J connectivity index is 1.93. The number of fused-ring (bicyclic) bond motifs is 1. The molecule has 102 valence electrons. The number of hydrogen-bond donors (Lipinski definition) is 1. The summed E-state index contributed by atoms with van der Waals surface area (Å²) in [6, 6.07) is 12.1. The lowest BCUT2D eigenvalue weighted by molar-refractivity contribution is 0.298. The maximum atomic E-state index is 5.88. The van der Waals surface area contributed by atoms with Crippen molar-refractivity contribution >= 4 is 27.5 Å². The largest absolute Gasteiger partial charge is 0.472 e. The fourth-order valence-electron chi connectivity index (χ4n) is 1.96. The molecule has 0 saturated carbocycles. The van der Waals surface area contributed by atoms with E-state index >= 15 is 0 Å². The molecule has 5 heteroatoms. The SMILES string of the molecule is CNc1nc(OCc2ccccc2)c2cc(C)sc2n1. The predicted molar refractivity (Wildman–Crippen MR) is 82.5 cm³/mol. The van der Waals surface area contributed by atoms with Crippen LogP contribution >= 0.6 is 11.3 Å². The van der Waals surface area contributed by atoms with Crippen LogP contribution in [-0.2, 0) is 6.61 Å². The first kappa shape index (κ1) is 12.9. The van der Waals surface area contributed by atoms with Crippen molar-refractivity contribution in [1.29, 1.82) is 0 Å². The Kier molecular flexibility index (Phi) is 3.52. The monoisotopic (exact) mass is 285 g/mol. The number of anilines is 1. The summed E-state index contributed by atoms with van der Waals surface area (Å²) in [6.07, 6.45) is 0. The third-order valence-electron chi connectivity index (χ3n) is 2.92. The van der Waals surface area contributed by atoms with Gasteiger partial charge >= 0.3 is 0 Å². The van der Waals surface area contributed by atoms with Gasteiger partial charge in [0, 0.05) is 11.9 Å². The Hall–Kier alpha value is -2.14. The van der Waals surface area contributed by atoms with Crippen molar-refractivity contribution in [3.05, 3.63) is 46.8 Å². The Bertz CT molecular complexity index is 725. The molecule has 1 N–H and O–H groups in total. The van der Waals surface area contributed by atoms with Gasteiger partial charge in [0.1, 0.15) is 11.4 Å². The van der Waals surface area contributed by atoms with Crippen LogP contribution in [0.3, 0.4) is 0 Å². The normalized spacial score (nSPS) is 10.7. The highest BCUT2D eigenvalue weighted by Crippen LogP contribution is 2.31. The molecule has 0 unspecified atom stereocenters. The lowest BCUT2D eigenvalue weighted by atomic mass is 10.2. The van der Waals surface area contributed by atoms with Crippen molar-refractivity contribution in [3.8, 4) is 5.88 Å². The summed E-state index contributed by atoms with van der Waals surface area (Å²) in [5.74, 6) is 1.22. The summed E-state index contributed by atoms with van der Waals surface area (Å²) in [5, 5.41) is 3.95. The van der Waals surface area contributed by atoms with E-state index < -0.39 is 0 Å². The first-order valence-corrected chi connectivity index (χ1v) is 7.20. The van der Waals surface area contributed by atoms with E-state index in [1.165, 1.54) is 4.88 Å². The summed E-state index contributed by atoms with van der Waals surface area (Å²) < 4.78 is 5.88. The highest BCUT2D eigenvalue weighted by atomic mass is 32.1. The standard InChI is InChI=1S/C15H15N3OS/c1-10-8-12-13(17-15(16-2)18-14(12)20-10)19-9-11-6-4-3-5-7-11/h3-8H,9H2,1-2H3,(H,16,17,18). The van der Waals surface area contributed by atoms with E-state index in [4.69, 9.17) is 4.74 Å². The number of aromatic nitrogens is 2. The highest BCUT2D eigenvalue weighted by molar-refractivity contribution is 7.18. The van der Waals surface area contributed by atoms with Crippen LogP contribution in [0.25, 0.3) is 10.2 Å². The second-order valence-electron chi connectivity index (χ2n) is 4.45. The van der Waals surface area contributed by atoms with Gasteiger partial charge in [-0.3, -0.25) is 0 Å². The van der Waals surface area contributed by atoms with Gasteiger partial charge in [-0.2, -0.15) is 4.98 Å². The average Bonchev–Trinajstić information content (AvgIpc) is 2.86. The van der Waals surface area contributed by atoms with Crippen LogP contribution in [-0.4, -0.2) is 17.0 Å². The fraction of sp³-hybridized carbons (Fsp3) is 0.200. The quantitative estimate of drug-likeness (QED) is 0.795. The van der Waals surface area contributed by atoms with Crippen molar-refractivity contribution in [3.63, 3.8) is 0 Å². The van der Waals surface area contributed by atoms with Crippen LogP contribution in [0.5, 0.6) is 5.88 Å². The molecule has 3 rings (SSSR count). The van der Waals surface area contributed by atoms with E-state index in [2.05, 4.69) is 28.3 Å². The third kappa shape index (κ3) is 2.58. The minimum atomic E-state index is 0.505. The number of benzene rings is 1. The third-order valence-corrected chi connectivity index (χ3v) is 3.87. The Labute approximate surface area is 121 Å². The molecule has 0 spiro atoms. The van der Waals surface area contributed by atoms with Crippen molar-refractivity contribution in [1.82, 2.24) is 9.97 Å². The van der Waals surface area contributed by atoms with Crippen LogP contribution < -0.4 is 10.1 Å². The smallest absolute Gasteiger partial charge is 0.227 e. The molecule has 4 nitrogen and oxygen atoms in total. The zero-order chi connectivity index (χ0) is 13.9. The Morgan fingerprint density at radius 3 is 2.75 bits per heavy atom. The number of hydrogen-bond acceptors (Lipinski definition) is 5. The maximum Gasteiger partial charge on any atom is 0.227 e. The number of ether oxygens (including phenoxy) is 1. The van der Waals surface area contributed by atoms with Crippen LogP contribution in [0.15, 0.2) is 36.4 Å². The number of thiophene rings is 1. The summed E-state index contributed by atoms with van der Waals surface area (Å²) in [5.41, 5.74) is 1.12. The molecule has 0 amide bonds. The number of nitrogens with one attached hydrogen (secondary N) is 1. The van der Waals surface area contributed by atoms with Gasteiger partial charge in [-0.25, -0.2) is 4.98 Å². The molecular formula is C15H15N3OS. The van der Waals surface area contributed by atoms with Gasteiger partial charge in [0.05, 0.1) is 5.39 Å². The Morgan fingerprint density at radius 1 is 1.20 bits per heavy atom. The molecule has 1 aromatic carbocycles. The average molecular weight is 285 g/mol. The second-order valence-corrected chi connectivity index (χ2v) is 5.69. The maximum absolute atomic E-state index is 5.88. The molecule has 3 aromatic rings. The zero-order valence-corrected chi connectivity index (χ0v) is 12.2. The van der Waals surface area contributed by atoms with Crippen molar-refractivity contribution < 1.29 is 4.74 Å². The van der Waals surface area contributed by atoms with E-state index in [0.717, 1.165) is 15.8 Å². The lowest BCUT2D eigenvalue weighted by Gasteiger charge is -2.08. The molecule has 2 aromatic heterocycles. The van der Waals surface area contributed by atoms with E-state index in [9.17, 15) is 0 Å². The van der Waals surface area contributed by atoms with Gasteiger partial charge in [0.15, 0.2) is 0 Å². The number of nitrogens with zero attached hydrogens (tertiary/aromatic N) is 2. The minimum absolute atomic E-state index is 0.505. The first-order chi connectivity index (χ1) is 9.76. The molecule has 20 heavy (non-hydrogen) atoms. The molecule has 0 radical (unpaired) electrons. The summed E-state index contributed by atoms with van der Waals surface area (Å²) >= 11 is 1.65. The molecule has 0 aliphatic carbocycles. The topological polar surface area (TPSA) is 47.0 Å². The summed E-state index contributed by atoms with van der Waals surface area (Å²) in [4.78, 5) is 11.0. The molecule has 0 fully saturated rings.